The lowest BCUT2D eigenvalue weighted by Gasteiger charge is -2.29. The Balaban J connectivity index is 2.52. The van der Waals surface area contributed by atoms with Crippen molar-refractivity contribution in [3.63, 3.8) is 0 Å². The minimum Gasteiger partial charge on any atom is -0.464 e. The molecule has 5 heteroatoms. The van der Waals surface area contributed by atoms with Crippen LogP contribution in [0, 0.1) is 5.92 Å². The van der Waals surface area contributed by atoms with Crippen LogP contribution in [0.2, 0.25) is 0 Å². The highest BCUT2D eigenvalue weighted by molar-refractivity contribution is 5.92. The van der Waals surface area contributed by atoms with Gasteiger partial charge >= 0.3 is 5.97 Å². The molecule has 1 aliphatic carbocycles. The summed E-state index contributed by atoms with van der Waals surface area (Å²) in [5.74, 6) is 1.43. The van der Waals surface area contributed by atoms with Gasteiger partial charge in [-0.3, -0.25) is 0 Å². The molecule has 0 radical (unpaired) electrons. The molecular formula is C13H21N3O2. The Morgan fingerprint density at radius 2 is 2.17 bits per heavy atom. The molecule has 0 unspecified atom stereocenters. The number of esters is 1. The van der Waals surface area contributed by atoms with Crippen LogP contribution in [0.25, 0.3) is 0 Å². The second-order valence-corrected chi connectivity index (χ2v) is 5.37. The molecular weight excluding hydrogens is 230 g/mol. The fourth-order valence-electron chi connectivity index (χ4n) is 2.58. The molecule has 1 aromatic heterocycles. The van der Waals surface area contributed by atoms with E-state index in [9.17, 15) is 4.79 Å². The summed E-state index contributed by atoms with van der Waals surface area (Å²) in [6.45, 7) is 6.33. The van der Waals surface area contributed by atoms with Gasteiger partial charge in [-0.25, -0.2) is 9.78 Å². The van der Waals surface area contributed by atoms with E-state index in [2.05, 4.69) is 18.8 Å². The molecule has 0 aromatic carbocycles. The van der Waals surface area contributed by atoms with E-state index in [1.807, 2.05) is 11.5 Å². The van der Waals surface area contributed by atoms with Crippen LogP contribution in [-0.4, -0.2) is 22.6 Å². The predicted molar refractivity (Wildman–Crippen MR) is 69.4 cm³/mol. The van der Waals surface area contributed by atoms with E-state index in [4.69, 9.17) is 10.5 Å². The maximum atomic E-state index is 11.7. The van der Waals surface area contributed by atoms with Crippen LogP contribution in [-0.2, 0) is 16.7 Å². The molecule has 2 rings (SSSR count). The predicted octanol–water partition coefficient (Wildman–Crippen LogP) is 1.96. The second kappa shape index (κ2) is 4.30. The van der Waals surface area contributed by atoms with E-state index >= 15 is 0 Å². The van der Waals surface area contributed by atoms with Crippen molar-refractivity contribution in [1.29, 1.82) is 0 Å². The standard InChI is InChI=1S/C13H21N3O2/c1-5-9-15-10(12(17)18-4)11(14)16(9)13(2,3)8-6-7-8/h8H,5-7,14H2,1-4H3. The summed E-state index contributed by atoms with van der Waals surface area (Å²) in [6.07, 6.45) is 3.17. The smallest absolute Gasteiger partial charge is 0.360 e. The lowest BCUT2D eigenvalue weighted by atomic mass is 9.98. The molecule has 100 valence electrons. The van der Waals surface area contributed by atoms with E-state index in [-0.39, 0.29) is 11.2 Å². The number of rotatable bonds is 4. The zero-order valence-electron chi connectivity index (χ0n) is 11.5. The third-order valence-electron chi connectivity index (χ3n) is 3.83. The quantitative estimate of drug-likeness (QED) is 0.830. The number of hydrogen-bond donors (Lipinski definition) is 1. The highest BCUT2D eigenvalue weighted by Gasteiger charge is 2.42. The topological polar surface area (TPSA) is 70.1 Å². The average Bonchev–Trinajstić information content (AvgIpc) is 3.12. The molecule has 1 saturated carbocycles. The molecule has 0 saturated heterocycles. The summed E-state index contributed by atoms with van der Waals surface area (Å²) in [5, 5.41) is 0. The maximum absolute atomic E-state index is 11.7. The fourth-order valence-corrected chi connectivity index (χ4v) is 2.58. The van der Waals surface area contributed by atoms with Crippen molar-refractivity contribution in [3.8, 4) is 0 Å². The number of aryl methyl sites for hydroxylation is 1. The molecule has 2 N–H and O–H groups in total. The van der Waals surface area contributed by atoms with Gasteiger partial charge in [0.25, 0.3) is 0 Å². The van der Waals surface area contributed by atoms with Gasteiger partial charge in [0.1, 0.15) is 11.6 Å². The van der Waals surface area contributed by atoms with Gasteiger partial charge in [0.15, 0.2) is 5.69 Å². The van der Waals surface area contributed by atoms with Crippen LogP contribution in [0.1, 0.15) is 49.9 Å². The number of nitrogens with zero attached hydrogens (tertiary/aromatic N) is 2. The molecule has 0 aliphatic heterocycles. The van der Waals surface area contributed by atoms with Crippen molar-refractivity contribution in [2.75, 3.05) is 12.8 Å². The molecule has 0 spiro atoms. The molecule has 1 fully saturated rings. The van der Waals surface area contributed by atoms with Gasteiger partial charge in [0.05, 0.1) is 7.11 Å². The van der Waals surface area contributed by atoms with E-state index in [1.165, 1.54) is 20.0 Å². The van der Waals surface area contributed by atoms with Gasteiger partial charge in [0.2, 0.25) is 0 Å². The van der Waals surface area contributed by atoms with Crippen LogP contribution in [0.5, 0.6) is 0 Å². The number of carbonyl (C=O) groups is 1. The zero-order chi connectivity index (χ0) is 13.5. The fraction of sp³-hybridized carbons (Fsp3) is 0.692. The molecule has 1 heterocycles. The summed E-state index contributed by atoms with van der Waals surface area (Å²) >= 11 is 0. The summed E-state index contributed by atoms with van der Waals surface area (Å²) < 4.78 is 6.73. The first-order valence-corrected chi connectivity index (χ1v) is 6.39. The molecule has 18 heavy (non-hydrogen) atoms. The van der Waals surface area contributed by atoms with Crippen LogP contribution >= 0.6 is 0 Å². The van der Waals surface area contributed by atoms with Crippen molar-refractivity contribution < 1.29 is 9.53 Å². The third kappa shape index (κ3) is 1.87. The number of carbonyl (C=O) groups excluding carboxylic acids is 1. The Hall–Kier alpha value is -1.52. The summed E-state index contributed by atoms with van der Waals surface area (Å²) in [6, 6.07) is 0. The van der Waals surface area contributed by atoms with Gasteiger partial charge in [-0.1, -0.05) is 6.92 Å². The van der Waals surface area contributed by atoms with Gasteiger partial charge in [-0.05, 0) is 32.6 Å². The van der Waals surface area contributed by atoms with E-state index in [1.54, 1.807) is 0 Å². The van der Waals surface area contributed by atoms with E-state index < -0.39 is 5.97 Å². The van der Waals surface area contributed by atoms with Crippen LogP contribution in [0.3, 0.4) is 0 Å². The zero-order valence-corrected chi connectivity index (χ0v) is 11.5. The molecule has 5 nitrogen and oxygen atoms in total. The van der Waals surface area contributed by atoms with E-state index in [0.29, 0.717) is 11.7 Å². The van der Waals surface area contributed by atoms with Crippen molar-refractivity contribution >= 4 is 11.8 Å². The Morgan fingerprint density at radius 3 is 2.61 bits per heavy atom. The maximum Gasteiger partial charge on any atom is 0.360 e. The number of aromatic nitrogens is 2. The Morgan fingerprint density at radius 1 is 1.56 bits per heavy atom. The number of nitrogens with two attached hydrogens (primary N) is 1. The largest absolute Gasteiger partial charge is 0.464 e. The third-order valence-corrected chi connectivity index (χ3v) is 3.83. The first-order valence-electron chi connectivity index (χ1n) is 6.39. The average molecular weight is 251 g/mol. The van der Waals surface area contributed by atoms with Crippen LogP contribution in [0.4, 0.5) is 5.82 Å². The Kier molecular flexibility index (Phi) is 3.09. The molecule has 0 atom stereocenters. The number of hydrogen-bond acceptors (Lipinski definition) is 4. The Bertz CT molecular complexity index is 473. The van der Waals surface area contributed by atoms with Gasteiger partial charge in [-0.2, -0.15) is 0 Å². The van der Waals surface area contributed by atoms with Gasteiger partial charge in [0, 0.05) is 12.0 Å². The van der Waals surface area contributed by atoms with Gasteiger partial charge in [-0.15, -0.1) is 0 Å². The SMILES string of the molecule is CCc1nc(C(=O)OC)c(N)n1C(C)(C)C1CC1. The number of imidazole rings is 1. The summed E-state index contributed by atoms with van der Waals surface area (Å²) in [5.41, 5.74) is 6.26. The molecule has 0 bridgehead atoms. The minimum absolute atomic E-state index is 0.0886. The number of anilines is 1. The van der Waals surface area contributed by atoms with Crippen molar-refractivity contribution in [3.05, 3.63) is 11.5 Å². The highest BCUT2D eigenvalue weighted by atomic mass is 16.5. The normalized spacial score (nSPS) is 15.8. The highest BCUT2D eigenvalue weighted by Crippen LogP contribution is 2.45. The number of ether oxygens (including phenoxy) is 1. The summed E-state index contributed by atoms with van der Waals surface area (Å²) in [4.78, 5) is 16.0. The van der Waals surface area contributed by atoms with Gasteiger partial charge < -0.3 is 15.0 Å². The monoisotopic (exact) mass is 251 g/mol. The van der Waals surface area contributed by atoms with Crippen molar-refractivity contribution in [2.24, 2.45) is 5.92 Å². The lowest BCUT2D eigenvalue weighted by molar-refractivity contribution is 0.0595. The Labute approximate surface area is 107 Å². The van der Waals surface area contributed by atoms with Crippen molar-refractivity contribution in [2.45, 2.75) is 45.6 Å². The van der Waals surface area contributed by atoms with E-state index in [0.717, 1.165) is 12.2 Å². The van der Waals surface area contributed by atoms with Crippen molar-refractivity contribution in [1.82, 2.24) is 9.55 Å². The molecule has 1 aromatic rings. The second-order valence-electron chi connectivity index (χ2n) is 5.37. The summed E-state index contributed by atoms with van der Waals surface area (Å²) in [7, 11) is 1.35. The van der Waals surface area contributed by atoms with Crippen LogP contribution < -0.4 is 5.73 Å². The number of nitrogen functional groups attached to an aromatic ring is 1. The lowest BCUT2D eigenvalue weighted by Crippen LogP contribution is -2.31. The molecule has 1 aliphatic rings. The first kappa shape index (κ1) is 12.9. The molecule has 0 amide bonds. The number of methoxy groups -OCH3 is 1. The minimum atomic E-state index is -0.465. The van der Waals surface area contributed by atoms with Crippen LogP contribution in [0.15, 0.2) is 0 Å². The first-order chi connectivity index (χ1) is 8.43.